The number of carbonyl (C=O) groups excluding carboxylic acids is 2. The summed E-state index contributed by atoms with van der Waals surface area (Å²) in [5.41, 5.74) is 0. The molecule has 0 spiro atoms. The topological polar surface area (TPSA) is 114 Å². The molecule has 0 aromatic heterocycles. The molecule has 0 radical (unpaired) electrons. The molecule has 0 saturated heterocycles. The SMILES string of the molecule is CC/C=C/C=C/C=C/CCCCCCCCCC(=O)NC(COP(=O)([O-])OCC[N+](C)(C)C)C(/C=C/CCCCCCCCCCC)OC(=O)CCCCCCCCCCCCCCCCCCC. The lowest BCUT2D eigenvalue weighted by Crippen LogP contribution is -2.47. The molecule has 1 amide bonds. The van der Waals surface area contributed by atoms with Gasteiger partial charge in [0.15, 0.2) is 0 Å². The number of nitrogens with zero attached hydrogens (tertiary/aromatic N) is 1. The van der Waals surface area contributed by atoms with Gasteiger partial charge in [0.05, 0.1) is 33.8 Å². The van der Waals surface area contributed by atoms with Crippen LogP contribution in [0.25, 0.3) is 0 Å². The summed E-state index contributed by atoms with van der Waals surface area (Å²) in [4.78, 5) is 39.8. The number of nitrogens with one attached hydrogen (secondary N) is 1. The highest BCUT2D eigenvalue weighted by Crippen LogP contribution is 2.38. The second-order valence-corrected chi connectivity index (χ2v) is 22.2. The minimum absolute atomic E-state index is 0.0242. The van der Waals surface area contributed by atoms with Crippen LogP contribution in [0.3, 0.4) is 0 Å². The molecule has 69 heavy (non-hydrogen) atoms. The Morgan fingerprint density at radius 1 is 0.522 bits per heavy atom. The first-order valence-electron chi connectivity index (χ1n) is 29.0. The molecule has 0 aliphatic rings. The van der Waals surface area contributed by atoms with E-state index in [2.05, 4.69) is 62.5 Å². The number of likely N-dealkylation sites (N-methyl/N-ethyl adjacent to an activating group) is 1. The van der Waals surface area contributed by atoms with E-state index < -0.39 is 26.6 Å². The summed E-state index contributed by atoms with van der Waals surface area (Å²) in [5.74, 6) is -0.548. The maximum Gasteiger partial charge on any atom is 0.306 e. The van der Waals surface area contributed by atoms with Gasteiger partial charge in [0.25, 0.3) is 7.82 Å². The van der Waals surface area contributed by atoms with Gasteiger partial charge in [0.1, 0.15) is 19.3 Å². The molecule has 3 unspecified atom stereocenters. The van der Waals surface area contributed by atoms with Crippen molar-refractivity contribution < 1.29 is 37.3 Å². The number of rotatable bonds is 52. The number of hydrogen-bond donors (Lipinski definition) is 1. The van der Waals surface area contributed by atoms with Crippen molar-refractivity contribution in [3.05, 3.63) is 48.6 Å². The zero-order chi connectivity index (χ0) is 50.8. The van der Waals surface area contributed by atoms with E-state index in [0.717, 1.165) is 77.0 Å². The highest BCUT2D eigenvalue weighted by molar-refractivity contribution is 7.45. The zero-order valence-electron chi connectivity index (χ0n) is 46.0. The van der Waals surface area contributed by atoms with Crippen LogP contribution in [0.1, 0.15) is 265 Å². The monoisotopic (exact) mass is 991 g/mol. The largest absolute Gasteiger partial charge is 0.756 e. The van der Waals surface area contributed by atoms with E-state index in [1.807, 2.05) is 33.3 Å². The molecule has 0 heterocycles. The van der Waals surface area contributed by atoms with Gasteiger partial charge in [-0.3, -0.25) is 14.2 Å². The van der Waals surface area contributed by atoms with Crippen LogP contribution in [0.15, 0.2) is 48.6 Å². The number of phosphoric acid groups is 1. The molecule has 0 aromatic rings. The molecule has 10 heteroatoms. The summed E-state index contributed by atoms with van der Waals surface area (Å²) in [6, 6.07) is -0.891. The fourth-order valence-corrected chi connectivity index (χ4v) is 9.07. The minimum atomic E-state index is -4.69. The van der Waals surface area contributed by atoms with Gasteiger partial charge in [0.2, 0.25) is 5.91 Å². The Morgan fingerprint density at radius 2 is 0.928 bits per heavy atom. The van der Waals surface area contributed by atoms with Crippen LogP contribution in [-0.4, -0.2) is 69.4 Å². The average molecular weight is 992 g/mol. The van der Waals surface area contributed by atoms with Gasteiger partial charge in [-0.15, -0.1) is 0 Å². The maximum absolute atomic E-state index is 13.5. The standard InChI is InChI=1S/C59H111N2O7P/c1-7-10-13-16-19-22-25-27-29-30-32-34-37-40-43-46-49-52-59(63)68-57(50-47-44-41-38-35-24-21-18-15-12-9-3)56(55-67-69(64,65)66-54-53-61(4,5)6)60-58(62)51-48-45-42-39-36-33-31-28-26-23-20-17-14-11-8-2/h11,14,17,20,23,26,47,50,56-57H,7-10,12-13,15-16,18-19,21-22,24-25,27-46,48-49,51-55H2,1-6H3,(H-,60,62,64,65)/b14-11+,20-17+,26-23+,50-47+. The molecule has 3 atom stereocenters. The first-order chi connectivity index (χ1) is 33.4. The van der Waals surface area contributed by atoms with Crippen molar-refractivity contribution in [2.75, 3.05) is 40.9 Å². The Morgan fingerprint density at radius 3 is 1.38 bits per heavy atom. The van der Waals surface area contributed by atoms with Crippen molar-refractivity contribution >= 4 is 19.7 Å². The van der Waals surface area contributed by atoms with E-state index in [0.29, 0.717) is 17.4 Å². The van der Waals surface area contributed by atoms with Gasteiger partial charge in [-0.2, -0.15) is 0 Å². The van der Waals surface area contributed by atoms with Crippen molar-refractivity contribution in [2.45, 2.75) is 277 Å². The van der Waals surface area contributed by atoms with Crippen LogP contribution in [0.4, 0.5) is 0 Å². The third-order valence-corrected chi connectivity index (χ3v) is 13.8. The van der Waals surface area contributed by atoms with Crippen molar-refractivity contribution in [2.24, 2.45) is 0 Å². The van der Waals surface area contributed by atoms with Gasteiger partial charge in [-0.25, -0.2) is 0 Å². The van der Waals surface area contributed by atoms with E-state index in [4.69, 9.17) is 13.8 Å². The molecular formula is C59H111N2O7P. The Bertz CT molecular complexity index is 1330. The molecule has 404 valence electrons. The van der Waals surface area contributed by atoms with Crippen molar-refractivity contribution in [3.8, 4) is 0 Å². The predicted octanol–water partition coefficient (Wildman–Crippen LogP) is 16.7. The van der Waals surface area contributed by atoms with Gasteiger partial charge >= 0.3 is 5.97 Å². The van der Waals surface area contributed by atoms with Gasteiger partial charge < -0.3 is 28.5 Å². The fraction of sp³-hybridized carbons (Fsp3) is 0.831. The number of carbonyl (C=O) groups is 2. The predicted molar refractivity (Wildman–Crippen MR) is 293 cm³/mol. The van der Waals surface area contributed by atoms with E-state index in [9.17, 15) is 19.0 Å². The number of esters is 1. The number of ether oxygens (including phenoxy) is 1. The third-order valence-electron chi connectivity index (χ3n) is 12.8. The number of amides is 1. The van der Waals surface area contributed by atoms with E-state index in [1.54, 1.807) is 0 Å². The number of unbranched alkanes of at least 4 members (excludes halogenated alkanes) is 32. The lowest BCUT2D eigenvalue weighted by Gasteiger charge is -2.30. The van der Waals surface area contributed by atoms with E-state index >= 15 is 0 Å². The van der Waals surface area contributed by atoms with Crippen LogP contribution < -0.4 is 10.2 Å². The Labute approximate surface area is 427 Å². The summed E-state index contributed by atoms with van der Waals surface area (Å²) >= 11 is 0. The lowest BCUT2D eigenvalue weighted by molar-refractivity contribution is -0.870. The number of quaternary nitrogens is 1. The summed E-state index contributed by atoms with van der Waals surface area (Å²) < 4.78 is 30.2. The first kappa shape index (κ1) is 67.0. The molecule has 0 saturated carbocycles. The minimum Gasteiger partial charge on any atom is -0.756 e. The smallest absolute Gasteiger partial charge is 0.306 e. The van der Waals surface area contributed by atoms with Crippen LogP contribution in [0, 0.1) is 0 Å². The second kappa shape index (κ2) is 49.5. The fourth-order valence-electron chi connectivity index (χ4n) is 8.35. The molecule has 0 bridgehead atoms. The number of phosphoric ester groups is 1. The Hall–Kier alpha value is -2.03. The van der Waals surface area contributed by atoms with E-state index in [1.165, 1.54) is 154 Å². The molecule has 1 N–H and O–H groups in total. The molecule has 0 aliphatic carbocycles. The third kappa shape index (κ3) is 50.7. The molecule has 0 fully saturated rings. The van der Waals surface area contributed by atoms with E-state index in [-0.39, 0.29) is 24.9 Å². The summed E-state index contributed by atoms with van der Waals surface area (Å²) in [7, 11) is 1.18. The number of allylic oxidation sites excluding steroid dienone is 7. The normalized spacial score (nSPS) is 14.1. The van der Waals surface area contributed by atoms with Crippen LogP contribution in [0.5, 0.6) is 0 Å². The van der Waals surface area contributed by atoms with Crippen molar-refractivity contribution in [3.63, 3.8) is 0 Å². The maximum atomic E-state index is 13.5. The molecule has 0 rings (SSSR count). The van der Waals surface area contributed by atoms with Crippen LogP contribution in [0.2, 0.25) is 0 Å². The van der Waals surface area contributed by atoms with Crippen LogP contribution >= 0.6 is 7.82 Å². The summed E-state index contributed by atoms with van der Waals surface area (Å²) in [6.07, 6.45) is 59.3. The molecule has 0 aromatic carbocycles. The quantitative estimate of drug-likeness (QED) is 0.0161. The van der Waals surface area contributed by atoms with Gasteiger partial charge in [0, 0.05) is 12.8 Å². The Balaban J connectivity index is 5.29. The van der Waals surface area contributed by atoms with Crippen molar-refractivity contribution in [1.82, 2.24) is 5.32 Å². The number of hydrogen-bond acceptors (Lipinski definition) is 7. The summed E-state index contributed by atoms with van der Waals surface area (Å²) in [5, 5.41) is 3.01. The van der Waals surface area contributed by atoms with Gasteiger partial charge in [-0.1, -0.05) is 250 Å². The molecule has 0 aliphatic heterocycles. The average Bonchev–Trinajstić information content (AvgIpc) is 3.31. The molecular weight excluding hydrogens is 880 g/mol. The first-order valence-corrected chi connectivity index (χ1v) is 30.4. The van der Waals surface area contributed by atoms with Gasteiger partial charge in [-0.05, 0) is 51.0 Å². The zero-order valence-corrected chi connectivity index (χ0v) is 46.9. The summed E-state index contributed by atoms with van der Waals surface area (Å²) in [6.45, 7) is 6.71. The van der Waals surface area contributed by atoms with Crippen LogP contribution in [-0.2, 0) is 27.9 Å². The highest BCUT2D eigenvalue weighted by Gasteiger charge is 2.27. The highest BCUT2D eigenvalue weighted by atomic mass is 31.2. The Kier molecular flexibility index (Phi) is 48.1. The second-order valence-electron chi connectivity index (χ2n) is 20.8. The van der Waals surface area contributed by atoms with Crippen molar-refractivity contribution in [1.29, 1.82) is 0 Å². The lowest BCUT2D eigenvalue weighted by atomic mass is 10.0. The molecule has 9 nitrogen and oxygen atoms in total.